The number of carbonyl (C=O) groups excluding carboxylic acids is 2. The summed E-state index contributed by atoms with van der Waals surface area (Å²) in [6.07, 6.45) is 0. The molecule has 0 aliphatic heterocycles. The average molecular weight is 171 g/mol. The minimum atomic E-state index is -0.730. The normalized spacial score (nSPS) is 9.92. The molecular weight excluding hydrogens is 164 g/mol. The van der Waals surface area contributed by atoms with Crippen LogP contribution in [-0.4, -0.2) is 28.0 Å². The minimum absolute atomic E-state index is 0.0921. The smallest absolute Gasteiger partial charge is 0.374 e. The quantitative estimate of drug-likeness (QED) is 0.121. The molecule has 0 rings (SSSR count). The SMILES string of the molecule is BOC(=O)/C(=C\BOC=O)ON. The van der Waals surface area contributed by atoms with Crippen LogP contribution in [-0.2, 0) is 23.7 Å². The number of hydrogen-bond donors (Lipinski definition) is 1. The fraction of sp³-hybridized carbons (Fsp3) is 0. The van der Waals surface area contributed by atoms with E-state index in [1.807, 2.05) is 0 Å². The molecule has 0 radical (unpaired) electrons. The van der Waals surface area contributed by atoms with Gasteiger partial charge in [-0.2, -0.15) is 5.90 Å². The van der Waals surface area contributed by atoms with E-state index in [1.165, 1.54) is 14.0 Å². The molecule has 6 nitrogen and oxygen atoms in total. The predicted octanol–water partition coefficient (Wildman–Crippen LogP) is -2.67. The number of carbonyl (C=O) groups is 2. The Labute approximate surface area is 70.3 Å². The summed E-state index contributed by atoms with van der Waals surface area (Å²) in [5.41, 5.74) is 0. The van der Waals surface area contributed by atoms with Crippen molar-refractivity contribution in [2.45, 2.75) is 0 Å². The van der Waals surface area contributed by atoms with Gasteiger partial charge in [-0.15, -0.1) is 0 Å². The predicted molar refractivity (Wildman–Crippen MR) is 42.3 cm³/mol. The van der Waals surface area contributed by atoms with E-state index in [-0.39, 0.29) is 19.7 Å². The fourth-order valence-corrected chi connectivity index (χ4v) is 0.443. The molecule has 0 heterocycles. The maximum atomic E-state index is 10.7. The number of nitrogens with two attached hydrogens (primary N) is 1. The van der Waals surface area contributed by atoms with Crippen LogP contribution in [0.1, 0.15) is 0 Å². The van der Waals surface area contributed by atoms with E-state index in [2.05, 4.69) is 14.1 Å². The molecule has 0 saturated heterocycles. The third kappa shape index (κ3) is 3.67. The standard InChI is InChI=1S/C4H7B2NO5/c5-11-4(9)3(12-7)1-6-10-2-8/h1-2,6H,5,7H2/b3-1+. The molecule has 0 bridgehead atoms. The molecule has 64 valence electrons. The van der Waals surface area contributed by atoms with Crippen molar-refractivity contribution in [3.63, 3.8) is 0 Å². The van der Waals surface area contributed by atoms with Crippen molar-refractivity contribution in [3.8, 4) is 0 Å². The average Bonchev–Trinajstić information content (AvgIpc) is 2.11. The Morgan fingerprint density at radius 1 is 1.58 bits per heavy atom. The van der Waals surface area contributed by atoms with E-state index >= 15 is 0 Å². The Morgan fingerprint density at radius 3 is 2.67 bits per heavy atom. The third-order valence-electron chi connectivity index (χ3n) is 0.947. The summed E-state index contributed by atoms with van der Waals surface area (Å²) in [6.45, 7) is 0.238. The van der Waals surface area contributed by atoms with Gasteiger partial charge in [0, 0.05) is 0 Å². The monoisotopic (exact) mass is 171 g/mol. The molecule has 8 heteroatoms. The highest BCUT2D eigenvalue weighted by Gasteiger charge is 2.09. The van der Waals surface area contributed by atoms with E-state index < -0.39 is 5.97 Å². The van der Waals surface area contributed by atoms with Gasteiger partial charge in [-0.05, 0) is 5.98 Å². The van der Waals surface area contributed by atoms with Crippen LogP contribution in [0.3, 0.4) is 0 Å². The van der Waals surface area contributed by atoms with Gasteiger partial charge >= 0.3 is 21.5 Å². The van der Waals surface area contributed by atoms with Crippen LogP contribution in [0, 0.1) is 0 Å². The van der Waals surface area contributed by atoms with Gasteiger partial charge in [0.05, 0.1) is 0 Å². The van der Waals surface area contributed by atoms with Gasteiger partial charge in [0.1, 0.15) is 0 Å². The molecular formula is C4H7B2NO5. The van der Waals surface area contributed by atoms with E-state index in [4.69, 9.17) is 5.90 Å². The highest BCUT2D eigenvalue weighted by Crippen LogP contribution is 1.94. The Bertz CT molecular complexity index is 194. The lowest BCUT2D eigenvalue weighted by atomic mass is 10.0. The third-order valence-corrected chi connectivity index (χ3v) is 0.947. The second kappa shape index (κ2) is 6.29. The highest BCUT2D eigenvalue weighted by molar-refractivity contribution is 6.37. The van der Waals surface area contributed by atoms with Crippen molar-refractivity contribution >= 4 is 28.0 Å². The first-order valence-corrected chi connectivity index (χ1v) is 2.96. The Kier molecular flexibility index (Phi) is 5.54. The number of hydrogen-bond acceptors (Lipinski definition) is 6. The Morgan fingerprint density at radius 2 is 2.25 bits per heavy atom. The summed E-state index contributed by atoms with van der Waals surface area (Å²) in [5, 5.41) is 0. The van der Waals surface area contributed by atoms with Crippen molar-refractivity contribution in [2.24, 2.45) is 5.90 Å². The van der Waals surface area contributed by atoms with Gasteiger partial charge in [-0.25, -0.2) is 4.79 Å². The summed E-state index contributed by atoms with van der Waals surface area (Å²) in [5.74, 6) is 4.96. The van der Waals surface area contributed by atoms with E-state index in [0.29, 0.717) is 0 Å². The number of rotatable bonds is 5. The van der Waals surface area contributed by atoms with Gasteiger partial charge in [0.15, 0.2) is 0 Å². The zero-order valence-electron chi connectivity index (χ0n) is 6.48. The van der Waals surface area contributed by atoms with Crippen molar-refractivity contribution in [2.75, 3.05) is 0 Å². The Balaban J connectivity index is 4.03. The molecule has 12 heavy (non-hydrogen) atoms. The van der Waals surface area contributed by atoms with Crippen molar-refractivity contribution in [3.05, 3.63) is 11.7 Å². The van der Waals surface area contributed by atoms with Crippen molar-refractivity contribution in [1.29, 1.82) is 0 Å². The molecule has 0 aromatic heterocycles. The first-order valence-electron chi connectivity index (χ1n) is 2.96. The molecule has 0 aliphatic rings. The molecule has 0 atom stereocenters. The second-order valence-corrected chi connectivity index (χ2v) is 1.61. The fourth-order valence-electron chi connectivity index (χ4n) is 0.443. The lowest BCUT2D eigenvalue weighted by Crippen LogP contribution is -2.13. The van der Waals surface area contributed by atoms with E-state index in [9.17, 15) is 9.59 Å². The van der Waals surface area contributed by atoms with Crippen molar-refractivity contribution < 1.29 is 23.7 Å². The first-order chi connectivity index (χ1) is 5.76. The molecule has 0 aromatic carbocycles. The van der Waals surface area contributed by atoms with Crippen LogP contribution in [0.25, 0.3) is 0 Å². The molecule has 0 aromatic rings. The summed E-state index contributed by atoms with van der Waals surface area (Å²) in [4.78, 5) is 24.5. The van der Waals surface area contributed by atoms with Gasteiger partial charge in [-0.3, -0.25) is 4.79 Å². The molecule has 0 saturated carbocycles. The van der Waals surface area contributed by atoms with Crippen LogP contribution in [0.15, 0.2) is 11.7 Å². The van der Waals surface area contributed by atoms with Gasteiger partial charge < -0.3 is 14.1 Å². The van der Waals surface area contributed by atoms with E-state index in [0.717, 1.165) is 0 Å². The summed E-state index contributed by atoms with van der Waals surface area (Å²) < 4.78 is 8.54. The molecule has 0 spiro atoms. The zero-order valence-corrected chi connectivity index (χ0v) is 6.48. The second-order valence-electron chi connectivity index (χ2n) is 1.61. The van der Waals surface area contributed by atoms with Crippen LogP contribution in [0.4, 0.5) is 0 Å². The van der Waals surface area contributed by atoms with Gasteiger partial charge in [0.2, 0.25) is 5.76 Å². The Hall–Kier alpha value is -1.43. The largest absolute Gasteiger partial charge is 0.538 e. The summed E-state index contributed by atoms with van der Waals surface area (Å²) >= 11 is 0. The van der Waals surface area contributed by atoms with Crippen molar-refractivity contribution in [1.82, 2.24) is 0 Å². The minimum Gasteiger partial charge on any atom is -0.538 e. The highest BCUT2D eigenvalue weighted by atomic mass is 16.6. The summed E-state index contributed by atoms with van der Waals surface area (Å²) in [6, 6.07) is 0. The first kappa shape index (κ1) is 10.6. The lowest BCUT2D eigenvalue weighted by molar-refractivity contribution is -0.133. The molecule has 2 N–H and O–H groups in total. The molecule has 0 fully saturated rings. The lowest BCUT2D eigenvalue weighted by Gasteiger charge is -2.01. The maximum Gasteiger partial charge on any atom is 0.374 e. The van der Waals surface area contributed by atoms with Crippen LogP contribution in [0.5, 0.6) is 0 Å². The molecule has 0 amide bonds. The van der Waals surface area contributed by atoms with Gasteiger partial charge in [0.25, 0.3) is 6.47 Å². The topological polar surface area (TPSA) is 87.8 Å². The zero-order chi connectivity index (χ0) is 9.40. The molecule has 0 aliphatic carbocycles. The van der Waals surface area contributed by atoms with Crippen LogP contribution in [0.2, 0.25) is 0 Å². The van der Waals surface area contributed by atoms with E-state index in [1.54, 1.807) is 0 Å². The van der Waals surface area contributed by atoms with Crippen LogP contribution >= 0.6 is 0 Å². The molecule has 0 unspecified atom stereocenters. The van der Waals surface area contributed by atoms with Gasteiger partial charge in [-0.1, -0.05) is 0 Å². The van der Waals surface area contributed by atoms with Crippen LogP contribution < -0.4 is 5.90 Å². The summed E-state index contributed by atoms with van der Waals surface area (Å²) in [7, 11) is 1.08. The maximum absolute atomic E-state index is 10.7.